The summed E-state index contributed by atoms with van der Waals surface area (Å²) in [5, 5.41) is 14.6. The first kappa shape index (κ1) is 10.7. The Hall–Kier alpha value is -1.76. The summed E-state index contributed by atoms with van der Waals surface area (Å²) in [5.74, 6) is 0.774. The highest BCUT2D eigenvalue weighted by molar-refractivity contribution is 5.44. The van der Waals surface area contributed by atoms with Crippen LogP contribution in [-0.2, 0) is 0 Å². The van der Waals surface area contributed by atoms with Gasteiger partial charge in [-0.1, -0.05) is 0 Å². The van der Waals surface area contributed by atoms with Gasteiger partial charge in [0, 0.05) is 12.1 Å². The van der Waals surface area contributed by atoms with Crippen molar-refractivity contribution in [2.45, 2.75) is 32.4 Å². The lowest BCUT2D eigenvalue weighted by Crippen LogP contribution is -2.27. The molecule has 2 atom stereocenters. The third-order valence-corrected chi connectivity index (χ3v) is 2.23. The van der Waals surface area contributed by atoms with Crippen LogP contribution in [0, 0.1) is 0 Å². The minimum absolute atomic E-state index is 0.156. The highest BCUT2D eigenvalue weighted by Gasteiger charge is 2.08. The highest BCUT2D eigenvalue weighted by Crippen LogP contribution is 2.09. The van der Waals surface area contributed by atoms with Crippen molar-refractivity contribution in [2.24, 2.45) is 5.73 Å². The number of tetrazole rings is 1. The van der Waals surface area contributed by atoms with Gasteiger partial charge in [0.05, 0.1) is 12.4 Å². The van der Waals surface area contributed by atoms with Crippen molar-refractivity contribution in [2.75, 3.05) is 5.32 Å². The Morgan fingerprint density at radius 3 is 3.00 bits per heavy atom. The molecule has 3 N–H and O–H groups in total. The molecule has 86 valence electrons. The van der Waals surface area contributed by atoms with Crippen molar-refractivity contribution in [3.8, 4) is 0 Å². The van der Waals surface area contributed by atoms with Gasteiger partial charge in [0.25, 0.3) is 0 Å². The summed E-state index contributed by atoms with van der Waals surface area (Å²) in [6.45, 7) is 4.04. The number of rotatable bonds is 4. The molecule has 0 aromatic carbocycles. The van der Waals surface area contributed by atoms with E-state index in [0.717, 1.165) is 12.2 Å². The quantitative estimate of drug-likeness (QED) is 0.758. The average Bonchev–Trinajstić information content (AvgIpc) is 2.65. The van der Waals surface area contributed by atoms with Crippen molar-refractivity contribution >= 4 is 11.5 Å². The molecule has 0 saturated carbocycles. The molecule has 7 heteroatoms. The Kier molecular flexibility index (Phi) is 2.95. The van der Waals surface area contributed by atoms with Crippen molar-refractivity contribution in [3.63, 3.8) is 0 Å². The lowest BCUT2D eigenvalue weighted by atomic mass is 10.1. The van der Waals surface area contributed by atoms with Crippen LogP contribution in [0.4, 0.5) is 5.82 Å². The van der Waals surface area contributed by atoms with Crippen LogP contribution in [0.5, 0.6) is 0 Å². The second kappa shape index (κ2) is 4.40. The molecule has 0 bridgehead atoms. The molecule has 2 heterocycles. The summed E-state index contributed by atoms with van der Waals surface area (Å²) in [5.41, 5.74) is 6.36. The molecule has 0 spiro atoms. The van der Waals surface area contributed by atoms with E-state index in [1.165, 1.54) is 0 Å². The van der Waals surface area contributed by atoms with Gasteiger partial charge in [-0.05, 0) is 30.7 Å². The van der Waals surface area contributed by atoms with Crippen LogP contribution >= 0.6 is 0 Å². The van der Waals surface area contributed by atoms with Gasteiger partial charge >= 0.3 is 0 Å². The second-order valence-corrected chi connectivity index (χ2v) is 4.00. The van der Waals surface area contributed by atoms with Crippen molar-refractivity contribution in [1.82, 2.24) is 25.0 Å². The van der Waals surface area contributed by atoms with Gasteiger partial charge in [-0.3, -0.25) is 4.98 Å². The number of fused-ring (bicyclic) bond motifs is 1. The molecular formula is C9H15N7. The maximum Gasteiger partial charge on any atom is 0.199 e. The molecule has 2 aromatic rings. The van der Waals surface area contributed by atoms with Crippen LogP contribution in [0.1, 0.15) is 20.3 Å². The van der Waals surface area contributed by atoms with E-state index in [2.05, 4.69) is 32.7 Å². The molecule has 0 aliphatic heterocycles. The first-order chi connectivity index (χ1) is 7.66. The predicted molar refractivity (Wildman–Crippen MR) is 59.9 cm³/mol. The smallest absolute Gasteiger partial charge is 0.199 e. The monoisotopic (exact) mass is 221 g/mol. The third-order valence-electron chi connectivity index (χ3n) is 2.23. The molecule has 0 fully saturated rings. The zero-order chi connectivity index (χ0) is 11.5. The third kappa shape index (κ3) is 2.25. The molecule has 16 heavy (non-hydrogen) atoms. The summed E-state index contributed by atoms with van der Waals surface area (Å²) < 4.78 is 1.62. The SMILES string of the molecule is CC(N)CC(C)Nc1cncc2nnnn12. The van der Waals surface area contributed by atoms with Crippen molar-refractivity contribution in [3.05, 3.63) is 12.4 Å². The molecule has 2 aromatic heterocycles. The zero-order valence-electron chi connectivity index (χ0n) is 9.33. The van der Waals surface area contributed by atoms with E-state index in [1.807, 2.05) is 6.92 Å². The van der Waals surface area contributed by atoms with E-state index in [4.69, 9.17) is 5.73 Å². The van der Waals surface area contributed by atoms with Crippen LogP contribution in [0.2, 0.25) is 0 Å². The molecular weight excluding hydrogens is 206 g/mol. The fourth-order valence-electron chi connectivity index (χ4n) is 1.64. The first-order valence-corrected chi connectivity index (χ1v) is 5.21. The minimum Gasteiger partial charge on any atom is -0.366 e. The van der Waals surface area contributed by atoms with Gasteiger partial charge < -0.3 is 11.1 Å². The number of nitrogens with one attached hydrogen (secondary N) is 1. The minimum atomic E-state index is 0.156. The lowest BCUT2D eigenvalue weighted by molar-refractivity contribution is 0.601. The number of aromatic nitrogens is 5. The predicted octanol–water partition coefficient (Wildman–Crippen LogP) is 0.0570. The summed E-state index contributed by atoms with van der Waals surface area (Å²) in [7, 11) is 0. The van der Waals surface area contributed by atoms with Crippen LogP contribution in [0.25, 0.3) is 5.65 Å². The molecule has 0 saturated heterocycles. The Morgan fingerprint density at radius 1 is 1.44 bits per heavy atom. The van der Waals surface area contributed by atoms with Crippen LogP contribution in [0.3, 0.4) is 0 Å². The molecule has 2 rings (SSSR count). The van der Waals surface area contributed by atoms with Crippen LogP contribution in [0.15, 0.2) is 12.4 Å². The summed E-state index contributed by atoms with van der Waals surface area (Å²) in [4.78, 5) is 4.06. The molecule has 0 radical (unpaired) electrons. The van der Waals surface area contributed by atoms with E-state index in [1.54, 1.807) is 16.9 Å². The van der Waals surface area contributed by atoms with Crippen LogP contribution < -0.4 is 11.1 Å². The number of hydrogen-bond acceptors (Lipinski definition) is 6. The first-order valence-electron chi connectivity index (χ1n) is 5.21. The van der Waals surface area contributed by atoms with Gasteiger partial charge in [-0.2, -0.15) is 4.52 Å². The maximum absolute atomic E-state index is 5.74. The molecule has 0 aliphatic rings. The van der Waals surface area contributed by atoms with E-state index in [9.17, 15) is 0 Å². The Bertz CT molecular complexity index is 464. The Balaban J connectivity index is 2.17. The fourth-order valence-corrected chi connectivity index (χ4v) is 1.64. The van der Waals surface area contributed by atoms with Gasteiger partial charge in [-0.25, -0.2) is 0 Å². The average molecular weight is 221 g/mol. The van der Waals surface area contributed by atoms with E-state index in [0.29, 0.717) is 5.65 Å². The summed E-state index contributed by atoms with van der Waals surface area (Å²) in [6.07, 6.45) is 4.18. The van der Waals surface area contributed by atoms with Gasteiger partial charge in [0.2, 0.25) is 0 Å². The standard InChI is InChI=1S/C9H15N7/c1-6(10)3-7(2)12-8-4-11-5-9-13-14-15-16(8)9/h4-7,12H,3,10H2,1-2H3. The summed E-state index contributed by atoms with van der Waals surface area (Å²) >= 11 is 0. The van der Waals surface area contributed by atoms with Crippen molar-refractivity contribution in [1.29, 1.82) is 0 Å². The highest BCUT2D eigenvalue weighted by atomic mass is 15.5. The molecule has 2 unspecified atom stereocenters. The van der Waals surface area contributed by atoms with Gasteiger partial charge in [-0.15, -0.1) is 5.10 Å². The zero-order valence-corrected chi connectivity index (χ0v) is 9.33. The normalized spacial score (nSPS) is 14.9. The fraction of sp³-hybridized carbons (Fsp3) is 0.556. The molecule has 0 aliphatic carbocycles. The molecule has 7 nitrogen and oxygen atoms in total. The van der Waals surface area contributed by atoms with Crippen LogP contribution in [-0.4, -0.2) is 37.1 Å². The second-order valence-electron chi connectivity index (χ2n) is 4.00. The Morgan fingerprint density at radius 2 is 2.25 bits per heavy atom. The number of hydrogen-bond donors (Lipinski definition) is 2. The Labute approximate surface area is 93.0 Å². The largest absolute Gasteiger partial charge is 0.366 e. The van der Waals surface area contributed by atoms with E-state index in [-0.39, 0.29) is 12.1 Å². The topological polar surface area (TPSA) is 94.0 Å². The molecule has 0 amide bonds. The van der Waals surface area contributed by atoms with Gasteiger partial charge in [0.15, 0.2) is 11.5 Å². The number of nitrogens with two attached hydrogens (primary N) is 1. The number of anilines is 1. The van der Waals surface area contributed by atoms with E-state index >= 15 is 0 Å². The van der Waals surface area contributed by atoms with Crippen molar-refractivity contribution < 1.29 is 0 Å². The number of nitrogens with zero attached hydrogens (tertiary/aromatic N) is 5. The maximum atomic E-state index is 5.74. The van der Waals surface area contributed by atoms with Gasteiger partial charge in [0.1, 0.15) is 0 Å². The van der Waals surface area contributed by atoms with E-state index < -0.39 is 0 Å². The summed E-state index contributed by atoms with van der Waals surface area (Å²) in [6, 6.07) is 0.403. The lowest BCUT2D eigenvalue weighted by Gasteiger charge is -2.16.